The van der Waals surface area contributed by atoms with Gasteiger partial charge in [0.1, 0.15) is 0 Å². The number of aromatic nitrogens is 1. The zero-order chi connectivity index (χ0) is 27.1. The molecule has 1 amide bonds. The van der Waals surface area contributed by atoms with E-state index in [2.05, 4.69) is 30.6 Å². The van der Waals surface area contributed by atoms with Crippen molar-refractivity contribution in [3.05, 3.63) is 69.7 Å². The minimum Gasteiger partial charge on any atom is -0.619 e. The summed E-state index contributed by atoms with van der Waals surface area (Å²) in [5.41, 5.74) is 2.26. The van der Waals surface area contributed by atoms with Crippen molar-refractivity contribution in [3.8, 4) is 0 Å². The molecule has 0 aliphatic carbocycles. The zero-order valence-electron chi connectivity index (χ0n) is 22.3. The van der Waals surface area contributed by atoms with Crippen molar-refractivity contribution in [1.82, 2.24) is 14.7 Å². The molecule has 2 aliphatic heterocycles. The molecule has 4 rings (SSSR count). The summed E-state index contributed by atoms with van der Waals surface area (Å²) in [4.78, 5) is 20.0. The van der Waals surface area contributed by atoms with Gasteiger partial charge in [0, 0.05) is 61.5 Å². The predicted octanol–water partition coefficient (Wildman–Crippen LogP) is 4.72. The Morgan fingerprint density at radius 3 is 2.14 bits per heavy atom. The molecule has 0 N–H and O–H groups in total. The van der Waals surface area contributed by atoms with Crippen LogP contribution in [0.4, 0.5) is 13.2 Å². The van der Waals surface area contributed by atoms with Crippen molar-refractivity contribution in [2.24, 2.45) is 0 Å². The third kappa shape index (κ3) is 5.62. The van der Waals surface area contributed by atoms with E-state index in [1.54, 1.807) is 26.0 Å². The summed E-state index contributed by atoms with van der Waals surface area (Å²) in [6, 6.07) is 5.79. The lowest BCUT2D eigenvalue weighted by atomic mass is 9.85. The number of carbonyl (C=O) groups excluding carboxylic acids is 1. The standard InChI is InChI=1S/C28H37F3N4O2/c1-19-16-34(37)17-20(2)25(19)26(36)32-12-10-27(5,11-13-32)33-14-15-35(21(3)18-33)22(4)23-6-8-24(9-7-23)28(29,30)31/h6-9,16-17,21-22H,10-15,18H2,1-5H3/t21-,22+/m0/s1. The molecular formula is C28H37F3N4O2. The van der Waals surface area contributed by atoms with E-state index < -0.39 is 11.7 Å². The molecule has 2 fully saturated rings. The number of piperazine rings is 1. The number of pyridine rings is 1. The summed E-state index contributed by atoms with van der Waals surface area (Å²) < 4.78 is 39.6. The Morgan fingerprint density at radius 2 is 1.62 bits per heavy atom. The Balaban J connectivity index is 1.36. The fraction of sp³-hybridized carbons (Fsp3) is 0.571. The summed E-state index contributed by atoms with van der Waals surface area (Å²) in [7, 11) is 0. The number of likely N-dealkylation sites (tertiary alicyclic amines) is 1. The van der Waals surface area contributed by atoms with E-state index in [9.17, 15) is 23.2 Å². The molecule has 0 spiro atoms. The minimum absolute atomic E-state index is 0.0128. The van der Waals surface area contributed by atoms with E-state index in [-0.39, 0.29) is 23.5 Å². The predicted molar refractivity (Wildman–Crippen MR) is 136 cm³/mol. The van der Waals surface area contributed by atoms with Crippen LogP contribution >= 0.6 is 0 Å². The molecule has 1 aromatic carbocycles. The maximum absolute atomic E-state index is 13.3. The van der Waals surface area contributed by atoms with Crippen LogP contribution in [-0.2, 0) is 6.18 Å². The van der Waals surface area contributed by atoms with E-state index in [1.165, 1.54) is 24.5 Å². The first-order chi connectivity index (χ1) is 17.3. The van der Waals surface area contributed by atoms with Gasteiger partial charge >= 0.3 is 6.18 Å². The second-order valence-corrected chi connectivity index (χ2v) is 11.0. The van der Waals surface area contributed by atoms with E-state index >= 15 is 0 Å². The molecule has 0 bridgehead atoms. The van der Waals surface area contributed by atoms with E-state index in [4.69, 9.17) is 0 Å². The zero-order valence-corrected chi connectivity index (χ0v) is 22.3. The molecule has 0 saturated carbocycles. The number of hydrogen-bond donors (Lipinski definition) is 0. The maximum atomic E-state index is 13.3. The fourth-order valence-electron chi connectivity index (χ4n) is 6.04. The van der Waals surface area contributed by atoms with Crippen molar-refractivity contribution in [2.75, 3.05) is 32.7 Å². The number of hydrogen-bond acceptors (Lipinski definition) is 4. The quantitative estimate of drug-likeness (QED) is 0.434. The van der Waals surface area contributed by atoms with Gasteiger partial charge in [0.15, 0.2) is 12.4 Å². The van der Waals surface area contributed by atoms with Gasteiger partial charge in [-0.3, -0.25) is 14.6 Å². The number of benzene rings is 1. The number of aryl methyl sites for hydroxylation is 2. The minimum atomic E-state index is -4.32. The van der Waals surface area contributed by atoms with Crippen LogP contribution in [0.2, 0.25) is 0 Å². The number of amides is 1. The lowest BCUT2D eigenvalue weighted by molar-refractivity contribution is -0.606. The van der Waals surface area contributed by atoms with Gasteiger partial charge in [-0.2, -0.15) is 17.9 Å². The van der Waals surface area contributed by atoms with Gasteiger partial charge < -0.3 is 10.1 Å². The molecule has 6 nitrogen and oxygen atoms in total. The van der Waals surface area contributed by atoms with E-state index in [1.807, 2.05) is 4.90 Å². The smallest absolute Gasteiger partial charge is 0.416 e. The highest BCUT2D eigenvalue weighted by Gasteiger charge is 2.41. The van der Waals surface area contributed by atoms with Crippen molar-refractivity contribution >= 4 is 5.91 Å². The maximum Gasteiger partial charge on any atom is 0.416 e. The number of carbonyl (C=O) groups is 1. The van der Waals surface area contributed by atoms with Gasteiger partial charge in [-0.05, 0) is 65.2 Å². The highest BCUT2D eigenvalue weighted by Crippen LogP contribution is 2.35. The molecule has 2 aliphatic rings. The number of alkyl halides is 3. The van der Waals surface area contributed by atoms with Gasteiger partial charge in [-0.25, -0.2) is 0 Å². The Bertz CT molecular complexity index is 1100. The van der Waals surface area contributed by atoms with Gasteiger partial charge in [-0.15, -0.1) is 0 Å². The third-order valence-electron chi connectivity index (χ3n) is 8.43. The molecule has 2 atom stereocenters. The second kappa shape index (κ2) is 10.3. The Labute approximate surface area is 217 Å². The van der Waals surface area contributed by atoms with Crippen molar-refractivity contribution < 1.29 is 22.7 Å². The largest absolute Gasteiger partial charge is 0.619 e. The third-order valence-corrected chi connectivity index (χ3v) is 8.43. The van der Waals surface area contributed by atoms with Crippen LogP contribution in [0.1, 0.15) is 72.3 Å². The van der Waals surface area contributed by atoms with Crippen LogP contribution in [0.5, 0.6) is 0 Å². The summed E-state index contributed by atoms with van der Waals surface area (Å²) in [5.74, 6) is -0.0128. The average Bonchev–Trinajstić information content (AvgIpc) is 2.83. The molecule has 3 heterocycles. The van der Waals surface area contributed by atoms with Gasteiger partial charge in [0.25, 0.3) is 5.91 Å². The lowest BCUT2D eigenvalue weighted by Crippen LogP contribution is -2.62. The fourth-order valence-corrected chi connectivity index (χ4v) is 6.04. The first-order valence-corrected chi connectivity index (χ1v) is 13.0. The Morgan fingerprint density at radius 1 is 1.05 bits per heavy atom. The van der Waals surface area contributed by atoms with Gasteiger partial charge in [0.2, 0.25) is 0 Å². The normalized spacial score (nSPS) is 22.2. The van der Waals surface area contributed by atoms with Gasteiger partial charge in [0.05, 0.1) is 11.1 Å². The van der Waals surface area contributed by atoms with Crippen LogP contribution < -0.4 is 4.73 Å². The van der Waals surface area contributed by atoms with Crippen molar-refractivity contribution in [3.63, 3.8) is 0 Å². The Kier molecular flexibility index (Phi) is 7.59. The molecule has 202 valence electrons. The molecule has 0 radical (unpaired) electrons. The number of nitrogens with zero attached hydrogens (tertiary/aromatic N) is 4. The monoisotopic (exact) mass is 518 g/mol. The van der Waals surface area contributed by atoms with Crippen LogP contribution in [0.15, 0.2) is 36.7 Å². The van der Waals surface area contributed by atoms with E-state index in [0.29, 0.717) is 29.8 Å². The van der Waals surface area contributed by atoms with Gasteiger partial charge in [-0.1, -0.05) is 12.1 Å². The topological polar surface area (TPSA) is 53.7 Å². The highest BCUT2D eigenvalue weighted by molar-refractivity contribution is 5.96. The summed E-state index contributed by atoms with van der Waals surface area (Å²) in [5, 5.41) is 11.7. The second-order valence-electron chi connectivity index (χ2n) is 11.0. The first kappa shape index (κ1) is 27.4. The molecule has 37 heavy (non-hydrogen) atoms. The summed E-state index contributed by atoms with van der Waals surface area (Å²) in [6.45, 7) is 14.0. The molecule has 9 heteroatoms. The number of rotatable bonds is 4. The summed E-state index contributed by atoms with van der Waals surface area (Å²) >= 11 is 0. The van der Waals surface area contributed by atoms with E-state index in [0.717, 1.165) is 42.8 Å². The molecule has 1 aromatic heterocycles. The van der Waals surface area contributed by atoms with Crippen molar-refractivity contribution in [1.29, 1.82) is 0 Å². The SMILES string of the molecule is Cc1c[n+]([O-])cc(C)c1C(=O)N1CCC(C)(N2CCN([C@H](C)c3ccc(C(F)(F)F)cc3)[C@@H](C)C2)CC1. The molecule has 2 saturated heterocycles. The first-order valence-electron chi connectivity index (χ1n) is 13.0. The molecular weight excluding hydrogens is 481 g/mol. The lowest BCUT2D eigenvalue weighted by Gasteiger charge is -2.52. The van der Waals surface area contributed by atoms with Crippen LogP contribution in [-0.4, -0.2) is 64.9 Å². The number of piperidine rings is 1. The Hall–Kier alpha value is -2.65. The van der Waals surface area contributed by atoms with Crippen LogP contribution in [0.3, 0.4) is 0 Å². The average molecular weight is 519 g/mol. The highest BCUT2D eigenvalue weighted by atomic mass is 19.4. The van der Waals surface area contributed by atoms with Crippen molar-refractivity contribution in [2.45, 2.75) is 71.3 Å². The molecule has 0 unspecified atom stereocenters. The molecule has 2 aromatic rings. The summed E-state index contributed by atoms with van der Waals surface area (Å²) in [6.07, 6.45) is 0.301. The van der Waals surface area contributed by atoms with Crippen LogP contribution in [0.25, 0.3) is 0 Å². The number of halogens is 3. The van der Waals surface area contributed by atoms with Crippen LogP contribution in [0, 0.1) is 19.1 Å².